The lowest BCUT2D eigenvalue weighted by Gasteiger charge is -1.93. The van der Waals surface area contributed by atoms with Crippen molar-refractivity contribution in [1.29, 1.82) is 0 Å². The number of carboxylic acid groups (broad SMARTS) is 1. The zero-order valence-electron chi connectivity index (χ0n) is 7.63. The highest BCUT2D eigenvalue weighted by atomic mass is 16.4. The van der Waals surface area contributed by atoms with E-state index in [1.807, 2.05) is 6.92 Å². The number of H-pyrrole nitrogens is 1. The predicted octanol–water partition coefficient (Wildman–Crippen LogP) is 0.132. The van der Waals surface area contributed by atoms with Crippen molar-refractivity contribution in [3.8, 4) is 0 Å². The van der Waals surface area contributed by atoms with Gasteiger partial charge in [0.15, 0.2) is 0 Å². The first-order valence-electron chi connectivity index (χ1n) is 4.06. The maximum Gasteiger partial charge on any atom is 0.325 e. The van der Waals surface area contributed by atoms with E-state index < -0.39 is 5.97 Å². The number of nitrogens with zero attached hydrogens (tertiary/aromatic N) is 1. The van der Waals surface area contributed by atoms with Crippen LogP contribution in [-0.2, 0) is 17.8 Å². The van der Waals surface area contributed by atoms with Crippen LogP contribution in [0.4, 0.5) is 0 Å². The number of aliphatic carboxylic acids is 1. The fourth-order valence-corrected chi connectivity index (χ4v) is 1.31. The molecule has 5 heteroatoms. The molecule has 2 N–H and O–H groups in total. The third-order valence-electron chi connectivity index (χ3n) is 1.91. The summed E-state index contributed by atoms with van der Waals surface area (Å²) >= 11 is 0. The van der Waals surface area contributed by atoms with Crippen molar-refractivity contribution in [3.63, 3.8) is 0 Å². The number of carboxylic acids is 1. The summed E-state index contributed by atoms with van der Waals surface area (Å²) in [6, 6.07) is 0. The number of carbonyl (C=O) groups is 1. The van der Waals surface area contributed by atoms with E-state index in [0.29, 0.717) is 12.0 Å². The van der Waals surface area contributed by atoms with Gasteiger partial charge in [0, 0.05) is 11.3 Å². The second-order valence-corrected chi connectivity index (χ2v) is 2.85. The van der Waals surface area contributed by atoms with Crippen LogP contribution in [0.15, 0.2) is 4.79 Å². The molecule has 1 aromatic rings. The first-order chi connectivity index (χ1) is 6.06. The molecule has 0 saturated heterocycles. The smallest absolute Gasteiger partial charge is 0.325 e. The molecule has 1 rings (SSSR count). The molecule has 1 heterocycles. The minimum Gasteiger partial charge on any atom is -0.480 e. The van der Waals surface area contributed by atoms with Crippen molar-refractivity contribution < 1.29 is 9.90 Å². The first-order valence-corrected chi connectivity index (χ1v) is 4.06. The second-order valence-electron chi connectivity index (χ2n) is 2.85. The third-order valence-corrected chi connectivity index (χ3v) is 1.91. The van der Waals surface area contributed by atoms with E-state index in [4.69, 9.17) is 5.11 Å². The zero-order chi connectivity index (χ0) is 10.0. The molecule has 0 atom stereocenters. The Balaban J connectivity index is 3.11. The van der Waals surface area contributed by atoms with E-state index in [0.717, 1.165) is 10.4 Å². The van der Waals surface area contributed by atoms with Gasteiger partial charge in [0.1, 0.15) is 6.54 Å². The number of rotatable bonds is 3. The summed E-state index contributed by atoms with van der Waals surface area (Å²) in [5.74, 6) is -1.02. The molecule has 0 spiro atoms. The Morgan fingerprint density at radius 1 is 1.62 bits per heavy atom. The van der Waals surface area contributed by atoms with Crippen LogP contribution in [0.5, 0.6) is 0 Å². The van der Waals surface area contributed by atoms with Gasteiger partial charge in [-0.2, -0.15) is 0 Å². The maximum absolute atomic E-state index is 11.4. The van der Waals surface area contributed by atoms with Crippen LogP contribution in [-0.4, -0.2) is 20.9 Å². The molecule has 0 amide bonds. The second kappa shape index (κ2) is 3.47. The van der Waals surface area contributed by atoms with Crippen LogP contribution in [0.1, 0.15) is 18.2 Å². The Kier molecular flexibility index (Phi) is 2.55. The average Bonchev–Trinajstić information content (AvgIpc) is 2.26. The van der Waals surface area contributed by atoms with E-state index in [2.05, 4.69) is 5.10 Å². The van der Waals surface area contributed by atoms with E-state index in [1.54, 1.807) is 6.92 Å². The molecule has 0 saturated carbocycles. The van der Waals surface area contributed by atoms with E-state index in [-0.39, 0.29) is 12.1 Å². The summed E-state index contributed by atoms with van der Waals surface area (Å²) < 4.78 is 1.11. The van der Waals surface area contributed by atoms with Crippen molar-refractivity contribution in [3.05, 3.63) is 21.6 Å². The number of hydrogen-bond acceptors (Lipinski definition) is 2. The zero-order valence-corrected chi connectivity index (χ0v) is 7.63. The minimum absolute atomic E-state index is 0.234. The SMILES string of the molecule is CCc1c(C)[nH]n(CC(=O)O)c1=O. The fourth-order valence-electron chi connectivity index (χ4n) is 1.31. The molecule has 72 valence electrons. The van der Waals surface area contributed by atoms with Crippen molar-refractivity contribution in [2.45, 2.75) is 26.8 Å². The fraction of sp³-hybridized carbons (Fsp3) is 0.500. The molecule has 5 nitrogen and oxygen atoms in total. The third kappa shape index (κ3) is 1.80. The Morgan fingerprint density at radius 2 is 2.23 bits per heavy atom. The quantitative estimate of drug-likeness (QED) is 0.701. The Morgan fingerprint density at radius 3 is 2.62 bits per heavy atom. The molecule has 0 aromatic carbocycles. The Hall–Kier alpha value is -1.52. The molecule has 0 aliphatic heterocycles. The normalized spacial score (nSPS) is 10.3. The summed E-state index contributed by atoms with van der Waals surface area (Å²) in [7, 11) is 0. The van der Waals surface area contributed by atoms with Crippen molar-refractivity contribution in [2.75, 3.05) is 0 Å². The molecule has 0 bridgehead atoms. The van der Waals surface area contributed by atoms with Gasteiger partial charge in [0.2, 0.25) is 0 Å². The van der Waals surface area contributed by atoms with Crippen LogP contribution in [0.2, 0.25) is 0 Å². The molecular formula is C8H12N2O3. The van der Waals surface area contributed by atoms with Gasteiger partial charge in [0.25, 0.3) is 5.56 Å². The minimum atomic E-state index is -1.02. The van der Waals surface area contributed by atoms with Gasteiger partial charge >= 0.3 is 5.97 Å². The summed E-state index contributed by atoms with van der Waals surface area (Å²) in [4.78, 5) is 21.8. The Labute approximate surface area is 75.0 Å². The molecule has 0 fully saturated rings. The van der Waals surface area contributed by atoms with Crippen LogP contribution < -0.4 is 5.56 Å². The van der Waals surface area contributed by atoms with Crippen molar-refractivity contribution >= 4 is 5.97 Å². The van der Waals surface area contributed by atoms with Crippen molar-refractivity contribution in [2.24, 2.45) is 0 Å². The van der Waals surface area contributed by atoms with E-state index in [1.165, 1.54) is 0 Å². The highest BCUT2D eigenvalue weighted by Crippen LogP contribution is 1.99. The molecule has 1 aromatic heterocycles. The molecule has 0 radical (unpaired) electrons. The largest absolute Gasteiger partial charge is 0.480 e. The van der Waals surface area contributed by atoms with E-state index >= 15 is 0 Å². The standard InChI is InChI=1S/C8H12N2O3/c1-3-6-5(2)9-10(8(6)13)4-7(11)12/h9H,3-4H2,1-2H3,(H,11,12). The van der Waals surface area contributed by atoms with Crippen LogP contribution >= 0.6 is 0 Å². The summed E-state index contributed by atoms with van der Waals surface area (Å²) in [5, 5.41) is 11.2. The lowest BCUT2D eigenvalue weighted by atomic mass is 10.2. The maximum atomic E-state index is 11.4. The van der Waals surface area contributed by atoms with E-state index in [9.17, 15) is 9.59 Å². The van der Waals surface area contributed by atoms with Crippen LogP contribution in [0.25, 0.3) is 0 Å². The Bertz CT molecular complexity index is 375. The number of hydrogen-bond donors (Lipinski definition) is 2. The summed E-state index contributed by atoms with van der Waals surface area (Å²) in [6.45, 7) is 3.32. The lowest BCUT2D eigenvalue weighted by molar-refractivity contribution is -0.137. The highest BCUT2D eigenvalue weighted by molar-refractivity contribution is 5.66. The number of aromatic nitrogens is 2. The van der Waals surface area contributed by atoms with Gasteiger partial charge in [0.05, 0.1) is 0 Å². The molecular weight excluding hydrogens is 172 g/mol. The van der Waals surface area contributed by atoms with Gasteiger partial charge in [-0.3, -0.25) is 14.7 Å². The number of nitrogens with one attached hydrogen (secondary N) is 1. The van der Waals surface area contributed by atoms with Crippen LogP contribution in [0, 0.1) is 6.92 Å². The van der Waals surface area contributed by atoms with Gasteiger partial charge in [-0.25, -0.2) is 4.68 Å². The van der Waals surface area contributed by atoms with Crippen LogP contribution in [0.3, 0.4) is 0 Å². The highest BCUT2D eigenvalue weighted by Gasteiger charge is 2.10. The summed E-state index contributed by atoms with van der Waals surface area (Å²) in [5.41, 5.74) is 1.16. The van der Waals surface area contributed by atoms with Gasteiger partial charge in [-0.15, -0.1) is 0 Å². The molecule has 0 aliphatic rings. The summed E-state index contributed by atoms with van der Waals surface area (Å²) in [6.07, 6.45) is 0.619. The predicted molar refractivity (Wildman–Crippen MR) is 46.8 cm³/mol. The van der Waals surface area contributed by atoms with Gasteiger partial charge < -0.3 is 5.11 Å². The first kappa shape index (κ1) is 9.57. The monoisotopic (exact) mass is 184 g/mol. The number of aryl methyl sites for hydroxylation is 1. The van der Waals surface area contributed by atoms with Gasteiger partial charge in [-0.05, 0) is 13.3 Å². The molecule has 0 aliphatic carbocycles. The van der Waals surface area contributed by atoms with Gasteiger partial charge in [-0.1, -0.05) is 6.92 Å². The van der Waals surface area contributed by atoms with Crippen molar-refractivity contribution in [1.82, 2.24) is 9.78 Å². The lowest BCUT2D eigenvalue weighted by Crippen LogP contribution is -2.23. The topological polar surface area (TPSA) is 75.1 Å². The average molecular weight is 184 g/mol. The number of aromatic amines is 1. The molecule has 13 heavy (non-hydrogen) atoms. The molecule has 0 unspecified atom stereocenters.